The zero-order valence-corrected chi connectivity index (χ0v) is 20.2. The number of aromatic nitrogens is 1. The van der Waals surface area contributed by atoms with Gasteiger partial charge < -0.3 is 20.5 Å². The van der Waals surface area contributed by atoms with Gasteiger partial charge in [0.1, 0.15) is 17.8 Å². The van der Waals surface area contributed by atoms with Crippen molar-refractivity contribution in [2.45, 2.75) is 62.6 Å². The number of aromatic amines is 1. The van der Waals surface area contributed by atoms with E-state index in [4.69, 9.17) is 11.6 Å². The zero-order chi connectivity index (χ0) is 24.9. The molecule has 1 aliphatic carbocycles. The number of alkyl halides is 2. The summed E-state index contributed by atoms with van der Waals surface area (Å²) < 4.78 is 30.6. The lowest BCUT2D eigenvalue weighted by molar-refractivity contribution is -0.179. The van der Waals surface area contributed by atoms with Gasteiger partial charge in [-0.2, -0.15) is 5.26 Å². The predicted octanol–water partition coefficient (Wildman–Crippen LogP) is 3.44. The van der Waals surface area contributed by atoms with Crippen LogP contribution in [-0.4, -0.2) is 58.2 Å². The smallest absolute Gasteiger partial charge is 0.271 e. The number of thiophene rings is 1. The third kappa shape index (κ3) is 4.27. The summed E-state index contributed by atoms with van der Waals surface area (Å²) in [6.07, 6.45) is 1.41. The van der Waals surface area contributed by atoms with Crippen LogP contribution in [0.25, 0.3) is 10.2 Å². The van der Waals surface area contributed by atoms with Gasteiger partial charge in [0.15, 0.2) is 0 Å². The van der Waals surface area contributed by atoms with Crippen molar-refractivity contribution >= 4 is 50.9 Å². The maximum atomic E-state index is 14.9. The van der Waals surface area contributed by atoms with E-state index in [2.05, 4.69) is 15.6 Å². The summed E-state index contributed by atoms with van der Waals surface area (Å²) in [5.74, 6) is -6.42. The molecule has 3 saturated heterocycles. The SMILES string of the molecule is N#C[C@@H](C[C@H]1CCCNC1=O)NC(=O)[C@H]1[C@@H]2CC[C@@H](CC2(F)F)N1C(=O)c1cc2scc(Cl)c2[nH]1. The number of nitrogens with one attached hydrogen (secondary N) is 3. The molecule has 0 spiro atoms. The minimum absolute atomic E-state index is 0.0879. The summed E-state index contributed by atoms with van der Waals surface area (Å²) in [6, 6.07) is 0.338. The fraction of sp³-hybridized carbons (Fsp3) is 0.565. The van der Waals surface area contributed by atoms with Crippen molar-refractivity contribution in [1.29, 1.82) is 5.26 Å². The number of nitriles is 1. The third-order valence-corrected chi connectivity index (χ3v) is 8.73. The third-order valence-electron chi connectivity index (χ3n) is 7.37. The summed E-state index contributed by atoms with van der Waals surface area (Å²) in [5, 5.41) is 17.1. The standard InChI is InChI=1S/C23H24ClF2N5O3S/c24-15-10-35-17-7-16(30-18(15)17)22(34)31-13-3-4-14(23(25,26)8-13)19(31)21(33)29-12(9-27)6-11-2-1-5-28-20(11)32/h7,10-14,19,30H,1-6,8H2,(H,28,32)(H,29,33)/t11-,12-,13+,14+,19-/m1/s1. The molecule has 2 aromatic heterocycles. The summed E-state index contributed by atoms with van der Waals surface area (Å²) in [5.41, 5.74) is 0.766. The lowest BCUT2D eigenvalue weighted by Crippen LogP contribution is -2.68. The number of piperidine rings is 3. The second kappa shape index (κ2) is 9.06. The van der Waals surface area contributed by atoms with Gasteiger partial charge in [-0.15, -0.1) is 11.3 Å². The Hall–Kier alpha value is -2.71. The van der Waals surface area contributed by atoms with Crippen molar-refractivity contribution in [1.82, 2.24) is 20.5 Å². The molecule has 2 aromatic rings. The van der Waals surface area contributed by atoms with Crippen molar-refractivity contribution in [3.05, 3.63) is 22.2 Å². The highest BCUT2D eigenvalue weighted by Gasteiger charge is 2.60. The quantitative estimate of drug-likeness (QED) is 0.556. The molecule has 0 aromatic carbocycles. The van der Waals surface area contributed by atoms with E-state index in [1.165, 1.54) is 16.2 Å². The van der Waals surface area contributed by atoms with Crippen LogP contribution in [0.15, 0.2) is 11.4 Å². The largest absolute Gasteiger partial charge is 0.356 e. The fourth-order valence-electron chi connectivity index (χ4n) is 5.68. The zero-order valence-electron chi connectivity index (χ0n) is 18.7. The minimum atomic E-state index is -3.10. The molecule has 6 rings (SSSR count). The van der Waals surface area contributed by atoms with Crippen LogP contribution in [0.5, 0.6) is 0 Å². The van der Waals surface area contributed by atoms with Crippen LogP contribution in [0.2, 0.25) is 5.02 Å². The Kier molecular flexibility index (Phi) is 6.21. The summed E-state index contributed by atoms with van der Waals surface area (Å²) in [7, 11) is 0. The topological polar surface area (TPSA) is 118 Å². The number of halogens is 3. The van der Waals surface area contributed by atoms with Crippen LogP contribution >= 0.6 is 22.9 Å². The monoisotopic (exact) mass is 523 g/mol. The first-order chi connectivity index (χ1) is 16.7. The van der Waals surface area contributed by atoms with Gasteiger partial charge >= 0.3 is 0 Å². The van der Waals surface area contributed by atoms with E-state index >= 15 is 0 Å². The van der Waals surface area contributed by atoms with Crippen molar-refractivity contribution in [3.63, 3.8) is 0 Å². The Labute approximate surface area is 209 Å². The molecule has 3 amide bonds. The van der Waals surface area contributed by atoms with Gasteiger partial charge in [0.25, 0.3) is 11.8 Å². The molecular weight excluding hydrogens is 500 g/mol. The van der Waals surface area contributed by atoms with E-state index in [0.717, 1.165) is 11.1 Å². The number of H-pyrrole nitrogens is 1. The van der Waals surface area contributed by atoms with Crippen LogP contribution in [0, 0.1) is 23.2 Å². The summed E-state index contributed by atoms with van der Waals surface area (Å²) >= 11 is 7.50. The average Bonchev–Trinajstić information content (AvgIpc) is 3.40. The molecule has 4 fully saturated rings. The van der Waals surface area contributed by atoms with Crippen molar-refractivity contribution in [3.8, 4) is 6.07 Å². The predicted molar refractivity (Wildman–Crippen MR) is 125 cm³/mol. The van der Waals surface area contributed by atoms with Crippen LogP contribution in [0.1, 0.15) is 49.0 Å². The van der Waals surface area contributed by atoms with E-state index in [1.807, 2.05) is 6.07 Å². The lowest BCUT2D eigenvalue weighted by Gasteiger charge is -2.53. The van der Waals surface area contributed by atoms with Crippen molar-refractivity contribution < 1.29 is 23.2 Å². The van der Waals surface area contributed by atoms with Crippen LogP contribution in [0.4, 0.5) is 8.78 Å². The highest BCUT2D eigenvalue weighted by Crippen LogP contribution is 2.49. The van der Waals surface area contributed by atoms with Crippen LogP contribution in [0.3, 0.4) is 0 Å². The maximum Gasteiger partial charge on any atom is 0.271 e. The van der Waals surface area contributed by atoms with E-state index in [0.29, 0.717) is 29.9 Å². The lowest BCUT2D eigenvalue weighted by atomic mass is 9.71. The van der Waals surface area contributed by atoms with Gasteiger partial charge in [0, 0.05) is 30.3 Å². The number of carbonyl (C=O) groups is 3. The second-order valence-electron chi connectivity index (χ2n) is 9.52. The molecule has 0 radical (unpaired) electrons. The number of nitrogens with zero attached hydrogens (tertiary/aromatic N) is 2. The van der Waals surface area contributed by atoms with Gasteiger partial charge in [-0.1, -0.05) is 11.6 Å². The summed E-state index contributed by atoms with van der Waals surface area (Å²) in [6.45, 7) is 0.567. The number of amides is 3. The molecule has 2 bridgehead atoms. The number of hydrogen-bond donors (Lipinski definition) is 3. The van der Waals surface area contributed by atoms with Gasteiger partial charge in [0.05, 0.1) is 27.2 Å². The summed E-state index contributed by atoms with van der Waals surface area (Å²) in [4.78, 5) is 43.2. The molecule has 186 valence electrons. The molecule has 12 heteroatoms. The maximum absolute atomic E-state index is 14.9. The molecule has 3 aliphatic heterocycles. The molecule has 3 N–H and O–H groups in total. The first kappa shape index (κ1) is 24.0. The van der Waals surface area contributed by atoms with E-state index in [9.17, 15) is 28.4 Å². The molecule has 5 atom stereocenters. The number of fused-ring (bicyclic) bond motifs is 4. The Morgan fingerprint density at radius 1 is 1.37 bits per heavy atom. The Morgan fingerprint density at radius 3 is 2.86 bits per heavy atom. The molecular formula is C23H24ClF2N5O3S. The molecule has 1 saturated carbocycles. The van der Waals surface area contributed by atoms with Gasteiger partial charge in [-0.3, -0.25) is 14.4 Å². The second-order valence-corrected chi connectivity index (χ2v) is 10.8. The van der Waals surface area contributed by atoms with Gasteiger partial charge in [0.2, 0.25) is 11.8 Å². The average molecular weight is 524 g/mol. The normalized spacial score (nSPS) is 28.4. The Balaban J connectivity index is 1.40. The van der Waals surface area contributed by atoms with Crippen LogP contribution in [-0.2, 0) is 9.59 Å². The van der Waals surface area contributed by atoms with Crippen molar-refractivity contribution in [2.24, 2.45) is 11.8 Å². The number of hydrogen-bond acceptors (Lipinski definition) is 5. The Morgan fingerprint density at radius 2 is 2.17 bits per heavy atom. The van der Waals surface area contributed by atoms with E-state index in [1.54, 1.807) is 11.4 Å². The molecule has 4 aliphatic rings. The minimum Gasteiger partial charge on any atom is -0.356 e. The molecule has 8 nitrogen and oxygen atoms in total. The highest BCUT2D eigenvalue weighted by atomic mass is 35.5. The molecule has 35 heavy (non-hydrogen) atoms. The van der Waals surface area contributed by atoms with Gasteiger partial charge in [-0.05, 0) is 38.2 Å². The Bertz CT molecular complexity index is 1220. The fourth-order valence-corrected chi connectivity index (χ4v) is 6.83. The number of rotatable bonds is 5. The molecule has 0 unspecified atom stereocenters. The number of carbonyl (C=O) groups excluding carboxylic acids is 3. The first-order valence-corrected chi connectivity index (χ1v) is 12.9. The van der Waals surface area contributed by atoms with E-state index in [-0.39, 0.29) is 24.4 Å². The van der Waals surface area contributed by atoms with Crippen molar-refractivity contribution in [2.75, 3.05) is 6.54 Å². The molecule has 5 heterocycles. The van der Waals surface area contributed by atoms with Crippen LogP contribution < -0.4 is 10.6 Å². The van der Waals surface area contributed by atoms with Gasteiger partial charge in [-0.25, -0.2) is 8.78 Å². The van der Waals surface area contributed by atoms with E-state index < -0.39 is 54.1 Å². The highest BCUT2D eigenvalue weighted by molar-refractivity contribution is 7.17. The first-order valence-electron chi connectivity index (χ1n) is 11.6.